The molecule has 128 valence electrons. The fraction of sp³-hybridized carbons (Fsp3) is 0.467. The molecule has 9 heteroatoms. The topological polar surface area (TPSA) is 70.0 Å². The molecule has 2 aromatic heterocycles. The van der Waals surface area contributed by atoms with E-state index in [0.29, 0.717) is 23.2 Å². The fourth-order valence-electron chi connectivity index (χ4n) is 2.68. The van der Waals surface area contributed by atoms with Crippen LogP contribution in [0.2, 0.25) is 5.15 Å². The van der Waals surface area contributed by atoms with Gasteiger partial charge in [-0.1, -0.05) is 11.6 Å². The lowest BCUT2D eigenvalue weighted by Gasteiger charge is -2.09. The van der Waals surface area contributed by atoms with Crippen LogP contribution in [0.3, 0.4) is 0 Å². The Labute approximate surface area is 142 Å². The first-order valence-electron chi connectivity index (χ1n) is 7.30. The van der Waals surface area contributed by atoms with Crippen molar-refractivity contribution in [2.75, 3.05) is 14.2 Å². The number of hydrogen-bond donors (Lipinski definition) is 0. The molecule has 3 rings (SSSR count). The van der Waals surface area contributed by atoms with Gasteiger partial charge in [0.05, 0.1) is 19.8 Å². The number of alkyl halides is 2. The summed E-state index contributed by atoms with van der Waals surface area (Å²) in [7, 11) is 2.92. The fourth-order valence-corrected chi connectivity index (χ4v) is 2.91. The van der Waals surface area contributed by atoms with Gasteiger partial charge in [0.1, 0.15) is 5.69 Å². The van der Waals surface area contributed by atoms with Gasteiger partial charge in [-0.15, -0.1) is 10.2 Å². The first-order chi connectivity index (χ1) is 11.5. The maximum atomic E-state index is 12.5. The third-order valence-electron chi connectivity index (χ3n) is 3.96. The Morgan fingerprint density at radius 2 is 2.08 bits per heavy atom. The van der Waals surface area contributed by atoms with Crippen molar-refractivity contribution in [1.29, 1.82) is 0 Å². The Morgan fingerprint density at radius 3 is 2.75 bits per heavy atom. The van der Waals surface area contributed by atoms with E-state index in [1.165, 1.54) is 20.4 Å². The van der Waals surface area contributed by atoms with Gasteiger partial charge in [-0.3, -0.25) is 0 Å². The van der Waals surface area contributed by atoms with E-state index in [0.717, 1.165) is 0 Å². The van der Waals surface area contributed by atoms with Crippen molar-refractivity contribution in [3.63, 3.8) is 0 Å². The predicted molar refractivity (Wildman–Crippen MR) is 82.6 cm³/mol. The van der Waals surface area contributed by atoms with E-state index < -0.39 is 6.43 Å². The van der Waals surface area contributed by atoms with E-state index in [4.69, 9.17) is 21.1 Å². The Hall–Kier alpha value is -2.09. The van der Waals surface area contributed by atoms with Gasteiger partial charge < -0.3 is 9.47 Å². The van der Waals surface area contributed by atoms with Crippen LogP contribution in [0.25, 0.3) is 11.3 Å². The van der Waals surface area contributed by atoms with E-state index in [2.05, 4.69) is 20.2 Å². The van der Waals surface area contributed by atoms with Crippen LogP contribution in [-0.4, -0.2) is 40.8 Å². The van der Waals surface area contributed by atoms with E-state index in [9.17, 15) is 8.78 Å². The molecule has 2 heterocycles. The molecule has 0 unspecified atom stereocenters. The maximum absolute atomic E-state index is 12.5. The summed E-state index contributed by atoms with van der Waals surface area (Å²) in [6.07, 6.45) is -0.266. The average Bonchev–Trinajstić information content (AvgIpc) is 3.32. The Morgan fingerprint density at radius 1 is 1.29 bits per heavy atom. The molecular formula is C15H15ClF2N4O2. The lowest BCUT2D eigenvalue weighted by molar-refractivity contribution is 0.129. The standard InChI is InChI=1S/C15H15ClF2N4O2/c1-23-14-10(6-19-15(20-14)24-2)11-5-9(13(16)22-21-11)8-3-7(8)4-12(17)18/h5-8,12H,3-4H2,1-2H3/t7-,8+/m0/s1. The summed E-state index contributed by atoms with van der Waals surface area (Å²) in [6, 6.07) is 1.90. The molecule has 1 fully saturated rings. The number of ether oxygens (including phenoxy) is 2. The van der Waals surface area contributed by atoms with Gasteiger partial charge in [-0.2, -0.15) is 4.98 Å². The summed E-state index contributed by atoms with van der Waals surface area (Å²) in [6.45, 7) is 0. The number of aromatic nitrogens is 4. The highest BCUT2D eigenvalue weighted by Crippen LogP contribution is 2.52. The lowest BCUT2D eigenvalue weighted by Crippen LogP contribution is -2.01. The molecule has 1 aliphatic carbocycles. The molecule has 2 aromatic rings. The second kappa shape index (κ2) is 6.80. The monoisotopic (exact) mass is 356 g/mol. The molecule has 0 aliphatic heterocycles. The van der Waals surface area contributed by atoms with E-state index in [1.807, 2.05) is 0 Å². The van der Waals surface area contributed by atoms with Crippen LogP contribution in [0, 0.1) is 5.92 Å². The van der Waals surface area contributed by atoms with Gasteiger partial charge >= 0.3 is 6.01 Å². The van der Waals surface area contributed by atoms with E-state index >= 15 is 0 Å². The van der Waals surface area contributed by atoms with Crippen molar-refractivity contribution in [1.82, 2.24) is 20.2 Å². The van der Waals surface area contributed by atoms with Crippen LogP contribution in [0.4, 0.5) is 8.78 Å². The second-order valence-corrected chi connectivity index (χ2v) is 5.84. The predicted octanol–water partition coefficient (Wildman–Crippen LogP) is 3.36. The minimum atomic E-state index is -2.32. The highest BCUT2D eigenvalue weighted by atomic mass is 35.5. The second-order valence-electron chi connectivity index (χ2n) is 5.48. The highest BCUT2D eigenvalue weighted by Gasteiger charge is 2.41. The van der Waals surface area contributed by atoms with Gasteiger partial charge in [0.15, 0.2) is 5.15 Å². The molecule has 6 nitrogen and oxygen atoms in total. The van der Waals surface area contributed by atoms with Crippen molar-refractivity contribution in [3.05, 3.63) is 23.0 Å². The summed E-state index contributed by atoms with van der Waals surface area (Å²) in [5, 5.41) is 8.20. The molecule has 24 heavy (non-hydrogen) atoms. The third kappa shape index (κ3) is 3.38. The zero-order valence-electron chi connectivity index (χ0n) is 13.0. The zero-order valence-corrected chi connectivity index (χ0v) is 13.8. The van der Waals surface area contributed by atoms with Crippen molar-refractivity contribution in [3.8, 4) is 23.1 Å². The van der Waals surface area contributed by atoms with Gasteiger partial charge in [0.25, 0.3) is 0 Å². The summed E-state index contributed by atoms with van der Waals surface area (Å²) < 4.78 is 35.2. The summed E-state index contributed by atoms with van der Waals surface area (Å²) >= 11 is 6.10. The first-order valence-corrected chi connectivity index (χ1v) is 7.68. The van der Waals surface area contributed by atoms with Crippen LogP contribution < -0.4 is 9.47 Å². The maximum Gasteiger partial charge on any atom is 0.319 e. The molecule has 0 aromatic carbocycles. The van der Waals surface area contributed by atoms with Crippen LogP contribution >= 0.6 is 11.6 Å². The van der Waals surface area contributed by atoms with Gasteiger partial charge in [-0.05, 0) is 29.9 Å². The number of rotatable bonds is 6. The number of methoxy groups -OCH3 is 2. The van der Waals surface area contributed by atoms with Crippen molar-refractivity contribution < 1.29 is 18.3 Å². The number of hydrogen-bond acceptors (Lipinski definition) is 6. The van der Waals surface area contributed by atoms with Gasteiger partial charge in [0, 0.05) is 12.6 Å². The van der Waals surface area contributed by atoms with Crippen molar-refractivity contribution in [2.45, 2.75) is 25.2 Å². The molecule has 0 N–H and O–H groups in total. The average molecular weight is 357 g/mol. The third-order valence-corrected chi connectivity index (χ3v) is 4.26. The summed E-state index contributed by atoms with van der Waals surface area (Å²) in [4.78, 5) is 8.13. The normalized spacial score (nSPS) is 19.4. The van der Waals surface area contributed by atoms with Crippen LogP contribution in [0.15, 0.2) is 12.3 Å². The lowest BCUT2D eigenvalue weighted by atomic mass is 10.1. The van der Waals surface area contributed by atoms with Crippen LogP contribution in [0.5, 0.6) is 11.9 Å². The molecule has 2 atom stereocenters. The van der Waals surface area contributed by atoms with Crippen molar-refractivity contribution >= 4 is 11.6 Å². The van der Waals surface area contributed by atoms with Crippen LogP contribution in [0.1, 0.15) is 24.3 Å². The van der Waals surface area contributed by atoms with Crippen LogP contribution in [-0.2, 0) is 0 Å². The summed E-state index contributed by atoms with van der Waals surface area (Å²) in [5.74, 6) is 0.184. The summed E-state index contributed by atoms with van der Waals surface area (Å²) in [5.41, 5.74) is 1.71. The molecular weight excluding hydrogens is 342 g/mol. The van der Waals surface area contributed by atoms with Crippen molar-refractivity contribution in [2.24, 2.45) is 5.92 Å². The Kier molecular flexibility index (Phi) is 4.75. The molecule has 0 radical (unpaired) electrons. The molecule has 0 saturated heterocycles. The number of halogens is 3. The smallest absolute Gasteiger partial charge is 0.319 e. The van der Waals surface area contributed by atoms with E-state index in [-0.39, 0.29) is 35.3 Å². The highest BCUT2D eigenvalue weighted by molar-refractivity contribution is 6.30. The van der Waals surface area contributed by atoms with E-state index in [1.54, 1.807) is 6.07 Å². The molecule has 1 saturated carbocycles. The molecule has 0 amide bonds. The minimum Gasteiger partial charge on any atom is -0.480 e. The number of nitrogens with zero attached hydrogens (tertiary/aromatic N) is 4. The molecule has 0 spiro atoms. The minimum absolute atomic E-state index is 0.0223. The molecule has 1 aliphatic rings. The Balaban J connectivity index is 1.92. The SMILES string of the molecule is COc1ncc(-c2cc([C@@H]3C[C@H]3CC(F)F)c(Cl)nn2)c(OC)n1. The zero-order chi connectivity index (χ0) is 17.3. The quantitative estimate of drug-likeness (QED) is 0.790. The van der Waals surface area contributed by atoms with Gasteiger partial charge in [0.2, 0.25) is 12.3 Å². The van der Waals surface area contributed by atoms with Gasteiger partial charge in [-0.25, -0.2) is 13.8 Å². The largest absolute Gasteiger partial charge is 0.480 e. The Bertz CT molecular complexity index is 747. The first kappa shape index (κ1) is 16.8. The molecule has 0 bridgehead atoms.